The van der Waals surface area contributed by atoms with Crippen LogP contribution in [0.2, 0.25) is 0 Å². The quantitative estimate of drug-likeness (QED) is 0.444. The number of para-hydroxylation sites is 1. The molecule has 1 heterocycles. The molecule has 0 fully saturated rings. The smallest absolute Gasteiger partial charge is 0.158 e. The van der Waals surface area contributed by atoms with Crippen LogP contribution < -0.4 is 5.32 Å². The van der Waals surface area contributed by atoms with Gasteiger partial charge in [-0.15, -0.1) is 0 Å². The topological polar surface area (TPSA) is 25.2 Å². The van der Waals surface area contributed by atoms with E-state index in [1.807, 2.05) is 6.07 Å². The van der Waals surface area contributed by atoms with Gasteiger partial charge in [-0.25, -0.2) is 0 Å². The number of hydrogen-bond acceptors (Lipinski definition) is 2. The Morgan fingerprint density at radius 1 is 0.769 bits per heavy atom. The van der Waals surface area contributed by atoms with Gasteiger partial charge < -0.3 is 9.73 Å². The third-order valence-corrected chi connectivity index (χ3v) is 4.92. The van der Waals surface area contributed by atoms with E-state index in [-0.39, 0.29) is 0 Å². The first-order valence-electron chi connectivity index (χ1n) is 9.02. The molecule has 0 unspecified atom stereocenters. The Kier molecular flexibility index (Phi) is 3.60. The van der Waals surface area contributed by atoms with Crippen LogP contribution in [0, 0.1) is 0 Å². The average Bonchev–Trinajstić information content (AvgIpc) is 3.09. The van der Waals surface area contributed by atoms with E-state index in [2.05, 4.69) is 84.2 Å². The SMILES string of the molecule is C1=Cc2c(oc3c(Nc4ccc(-c5ccccc5)cc4)cccc23)CC1. The molecule has 126 valence electrons. The molecule has 26 heavy (non-hydrogen) atoms. The van der Waals surface area contributed by atoms with Crippen molar-refractivity contribution >= 4 is 28.4 Å². The number of hydrogen-bond donors (Lipinski definition) is 1. The Morgan fingerprint density at radius 3 is 2.42 bits per heavy atom. The summed E-state index contributed by atoms with van der Waals surface area (Å²) < 4.78 is 6.17. The maximum absolute atomic E-state index is 6.17. The van der Waals surface area contributed by atoms with Crippen LogP contribution in [0.15, 0.2) is 83.3 Å². The van der Waals surface area contributed by atoms with Crippen molar-refractivity contribution in [1.82, 2.24) is 0 Å². The molecule has 0 atom stereocenters. The molecule has 2 nitrogen and oxygen atoms in total. The molecule has 4 aromatic rings. The van der Waals surface area contributed by atoms with Crippen molar-refractivity contribution in [3.05, 3.63) is 90.2 Å². The van der Waals surface area contributed by atoms with E-state index in [1.54, 1.807) is 0 Å². The Bertz CT molecular complexity index is 1090. The van der Waals surface area contributed by atoms with E-state index in [0.29, 0.717) is 0 Å². The third-order valence-electron chi connectivity index (χ3n) is 4.92. The predicted molar refractivity (Wildman–Crippen MR) is 109 cm³/mol. The second kappa shape index (κ2) is 6.23. The lowest BCUT2D eigenvalue weighted by Gasteiger charge is -2.08. The molecule has 1 aliphatic rings. The fourth-order valence-corrected chi connectivity index (χ4v) is 3.60. The molecule has 1 aromatic heterocycles. The first-order valence-corrected chi connectivity index (χ1v) is 9.02. The van der Waals surface area contributed by atoms with Gasteiger partial charge in [0.25, 0.3) is 0 Å². The molecule has 0 spiro atoms. The Labute approximate surface area is 152 Å². The second-order valence-corrected chi connectivity index (χ2v) is 6.63. The molecule has 5 rings (SSSR count). The Morgan fingerprint density at radius 2 is 1.58 bits per heavy atom. The standard InChI is InChI=1S/C24H19NO/c1-2-7-17(8-3-1)18-13-15-19(16-14-18)25-22-11-6-10-21-20-9-4-5-12-23(20)26-24(21)22/h1-4,6-11,13-16,25H,5,12H2. The lowest BCUT2D eigenvalue weighted by Crippen LogP contribution is -1.90. The van der Waals surface area contributed by atoms with E-state index in [0.717, 1.165) is 35.6 Å². The van der Waals surface area contributed by atoms with Gasteiger partial charge in [-0.1, -0.05) is 66.7 Å². The van der Waals surface area contributed by atoms with Gasteiger partial charge in [0, 0.05) is 23.1 Å². The number of fused-ring (bicyclic) bond motifs is 3. The summed E-state index contributed by atoms with van der Waals surface area (Å²) in [5.74, 6) is 1.09. The zero-order valence-electron chi connectivity index (χ0n) is 14.4. The largest absolute Gasteiger partial charge is 0.458 e. The zero-order chi connectivity index (χ0) is 17.3. The third kappa shape index (κ3) is 2.60. The summed E-state index contributed by atoms with van der Waals surface area (Å²) in [6.07, 6.45) is 6.44. The number of nitrogens with one attached hydrogen (secondary N) is 1. The highest BCUT2D eigenvalue weighted by Crippen LogP contribution is 2.36. The van der Waals surface area contributed by atoms with Gasteiger partial charge in [0.2, 0.25) is 0 Å². The van der Waals surface area contributed by atoms with Crippen LogP contribution in [0.3, 0.4) is 0 Å². The molecular weight excluding hydrogens is 318 g/mol. The first-order chi connectivity index (χ1) is 12.9. The summed E-state index contributed by atoms with van der Waals surface area (Å²) in [4.78, 5) is 0. The minimum Gasteiger partial charge on any atom is -0.458 e. The van der Waals surface area contributed by atoms with Gasteiger partial charge in [-0.05, 0) is 35.7 Å². The normalized spacial score (nSPS) is 12.9. The second-order valence-electron chi connectivity index (χ2n) is 6.63. The van der Waals surface area contributed by atoms with Crippen LogP contribution in [-0.2, 0) is 6.42 Å². The van der Waals surface area contributed by atoms with Crippen molar-refractivity contribution in [1.29, 1.82) is 0 Å². The zero-order valence-corrected chi connectivity index (χ0v) is 14.4. The molecule has 1 N–H and O–H groups in total. The molecule has 0 bridgehead atoms. The molecule has 2 heteroatoms. The molecule has 3 aromatic carbocycles. The highest BCUT2D eigenvalue weighted by Gasteiger charge is 2.16. The molecule has 0 saturated heterocycles. The summed E-state index contributed by atoms with van der Waals surface area (Å²) in [6, 6.07) is 25.2. The van der Waals surface area contributed by atoms with Crippen molar-refractivity contribution in [2.24, 2.45) is 0 Å². The maximum atomic E-state index is 6.17. The summed E-state index contributed by atoms with van der Waals surface area (Å²) in [5.41, 5.74) is 6.69. The van der Waals surface area contributed by atoms with E-state index in [9.17, 15) is 0 Å². The molecule has 0 radical (unpaired) electrons. The van der Waals surface area contributed by atoms with Crippen molar-refractivity contribution in [2.45, 2.75) is 12.8 Å². The van der Waals surface area contributed by atoms with E-state index >= 15 is 0 Å². The van der Waals surface area contributed by atoms with E-state index in [4.69, 9.17) is 4.42 Å². The highest BCUT2D eigenvalue weighted by molar-refractivity contribution is 5.97. The number of aryl methyl sites for hydroxylation is 1. The van der Waals surface area contributed by atoms with Crippen molar-refractivity contribution in [3.8, 4) is 11.1 Å². The van der Waals surface area contributed by atoms with Gasteiger partial charge in [-0.2, -0.15) is 0 Å². The Hall–Kier alpha value is -3.26. The number of benzene rings is 3. The molecule has 0 aliphatic heterocycles. The van der Waals surface area contributed by atoms with Crippen LogP contribution in [0.4, 0.5) is 11.4 Å². The lowest BCUT2D eigenvalue weighted by atomic mass is 10.0. The van der Waals surface area contributed by atoms with E-state index < -0.39 is 0 Å². The van der Waals surface area contributed by atoms with Crippen LogP contribution in [0.1, 0.15) is 17.7 Å². The molecule has 1 aliphatic carbocycles. The van der Waals surface area contributed by atoms with E-state index in [1.165, 1.54) is 22.1 Å². The van der Waals surface area contributed by atoms with Crippen molar-refractivity contribution in [2.75, 3.05) is 5.32 Å². The number of rotatable bonds is 3. The predicted octanol–water partition coefficient (Wildman–Crippen LogP) is 6.80. The van der Waals surface area contributed by atoms with Crippen molar-refractivity contribution in [3.63, 3.8) is 0 Å². The Balaban J connectivity index is 1.48. The van der Waals surface area contributed by atoms with Crippen LogP contribution >= 0.6 is 0 Å². The minimum atomic E-state index is 0.941. The highest BCUT2D eigenvalue weighted by atomic mass is 16.3. The minimum absolute atomic E-state index is 0.941. The molecular formula is C24H19NO. The van der Waals surface area contributed by atoms with Gasteiger partial charge in [0.05, 0.1) is 5.69 Å². The molecule has 0 saturated carbocycles. The van der Waals surface area contributed by atoms with Gasteiger partial charge >= 0.3 is 0 Å². The molecule has 0 amide bonds. The van der Waals surface area contributed by atoms with Crippen LogP contribution in [0.25, 0.3) is 28.2 Å². The summed E-state index contributed by atoms with van der Waals surface area (Å²) in [7, 11) is 0. The van der Waals surface area contributed by atoms with Gasteiger partial charge in [-0.3, -0.25) is 0 Å². The van der Waals surface area contributed by atoms with Crippen LogP contribution in [-0.4, -0.2) is 0 Å². The van der Waals surface area contributed by atoms with Gasteiger partial charge in [0.15, 0.2) is 5.58 Å². The summed E-state index contributed by atoms with van der Waals surface area (Å²) in [6.45, 7) is 0. The fourth-order valence-electron chi connectivity index (χ4n) is 3.60. The average molecular weight is 337 g/mol. The number of furan rings is 1. The maximum Gasteiger partial charge on any atom is 0.158 e. The summed E-state index contributed by atoms with van der Waals surface area (Å²) >= 11 is 0. The number of allylic oxidation sites excluding steroid dienone is 1. The first kappa shape index (κ1) is 15.0. The van der Waals surface area contributed by atoms with Crippen LogP contribution in [0.5, 0.6) is 0 Å². The summed E-state index contributed by atoms with van der Waals surface area (Å²) in [5, 5.41) is 4.70. The lowest BCUT2D eigenvalue weighted by molar-refractivity contribution is 0.547. The number of anilines is 2. The fraction of sp³-hybridized carbons (Fsp3) is 0.0833. The van der Waals surface area contributed by atoms with Gasteiger partial charge in [0.1, 0.15) is 5.76 Å². The monoisotopic (exact) mass is 337 g/mol. The van der Waals surface area contributed by atoms with Crippen molar-refractivity contribution < 1.29 is 4.42 Å².